The number of ether oxygens (including phenoxy) is 1. The Morgan fingerprint density at radius 2 is 1.78 bits per heavy atom. The van der Waals surface area contributed by atoms with E-state index in [1.54, 1.807) is 24.3 Å². The van der Waals surface area contributed by atoms with Crippen molar-refractivity contribution in [3.05, 3.63) is 84.6 Å². The Bertz CT molecular complexity index is 1100. The molecule has 1 heterocycles. The summed E-state index contributed by atoms with van der Waals surface area (Å²) in [7, 11) is 0. The average molecular weight is 361 g/mol. The summed E-state index contributed by atoms with van der Waals surface area (Å²) in [4.78, 5) is 16.2. The van der Waals surface area contributed by atoms with E-state index < -0.39 is 0 Å². The lowest BCUT2D eigenvalue weighted by Gasteiger charge is -2.05. The van der Waals surface area contributed by atoms with Crippen molar-refractivity contribution in [2.75, 3.05) is 0 Å². The molecule has 0 saturated heterocycles. The Morgan fingerprint density at radius 1 is 1.00 bits per heavy atom. The van der Waals surface area contributed by atoms with Gasteiger partial charge in [0.05, 0.1) is 18.2 Å². The minimum atomic E-state index is -0.379. The predicted molar refractivity (Wildman–Crippen MR) is 99.8 cm³/mol. The summed E-state index contributed by atoms with van der Waals surface area (Å²) >= 11 is 0. The van der Waals surface area contributed by atoms with Gasteiger partial charge in [0.15, 0.2) is 11.7 Å². The maximum absolute atomic E-state index is 13.8. The van der Waals surface area contributed by atoms with Gasteiger partial charge in [-0.1, -0.05) is 42.5 Å². The van der Waals surface area contributed by atoms with Crippen LogP contribution in [-0.4, -0.2) is 11.0 Å². The van der Waals surface area contributed by atoms with Gasteiger partial charge in [-0.2, -0.15) is 0 Å². The van der Waals surface area contributed by atoms with Crippen molar-refractivity contribution < 1.29 is 18.3 Å². The first-order valence-electron chi connectivity index (χ1n) is 8.58. The van der Waals surface area contributed by atoms with Crippen molar-refractivity contribution in [1.82, 2.24) is 4.98 Å². The Morgan fingerprint density at radius 3 is 2.63 bits per heavy atom. The number of carbonyl (C=O) groups is 1. The largest absolute Gasteiger partial charge is 0.441 e. The summed E-state index contributed by atoms with van der Waals surface area (Å²) in [6, 6.07) is 19.7. The fourth-order valence-electron chi connectivity index (χ4n) is 2.83. The van der Waals surface area contributed by atoms with Crippen LogP contribution >= 0.6 is 0 Å². The summed E-state index contributed by atoms with van der Waals surface area (Å²) in [6.07, 6.45) is 1.85. The molecule has 0 spiro atoms. The number of carbonyl (C=O) groups excluding carboxylic acids is 1. The lowest BCUT2D eigenvalue weighted by Crippen LogP contribution is -2.09. The standard InChI is InChI=1S/C22H16FNO3/c23-19-8-4-3-7-18(19)20-14-24-21(27-20)11-12-22(25)26-17-10-9-15-5-1-2-6-16(15)13-17/h1-10,13-14H,11-12H2. The van der Waals surface area contributed by atoms with Crippen LogP contribution in [0.1, 0.15) is 12.3 Å². The molecule has 0 aliphatic heterocycles. The minimum absolute atomic E-state index is 0.115. The number of rotatable bonds is 5. The van der Waals surface area contributed by atoms with E-state index in [1.807, 2.05) is 36.4 Å². The maximum atomic E-state index is 13.8. The van der Waals surface area contributed by atoms with E-state index in [9.17, 15) is 9.18 Å². The van der Waals surface area contributed by atoms with E-state index in [2.05, 4.69) is 4.98 Å². The second-order valence-corrected chi connectivity index (χ2v) is 6.08. The lowest BCUT2D eigenvalue weighted by atomic mass is 10.1. The lowest BCUT2D eigenvalue weighted by molar-refractivity contribution is -0.134. The van der Waals surface area contributed by atoms with Crippen LogP contribution in [0.4, 0.5) is 4.39 Å². The highest BCUT2D eigenvalue weighted by molar-refractivity contribution is 5.84. The predicted octanol–water partition coefficient (Wildman–Crippen LogP) is 5.17. The van der Waals surface area contributed by atoms with E-state index in [0.29, 0.717) is 23.0 Å². The highest BCUT2D eigenvalue weighted by Crippen LogP contribution is 2.24. The van der Waals surface area contributed by atoms with E-state index >= 15 is 0 Å². The van der Waals surface area contributed by atoms with Crippen molar-refractivity contribution in [3.8, 4) is 17.1 Å². The molecule has 0 saturated carbocycles. The molecule has 3 aromatic carbocycles. The smallest absolute Gasteiger partial charge is 0.311 e. The van der Waals surface area contributed by atoms with Crippen LogP contribution < -0.4 is 4.74 Å². The number of hydrogen-bond donors (Lipinski definition) is 0. The summed E-state index contributed by atoms with van der Waals surface area (Å²) in [6.45, 7) is 0. The van der Waals surface area contributed by atoms with Crippen molar-refractivity contribution in [2.24, 2.45) is 0 Å². The number of aromatic nitrogens is 1. The van der Waals surface area contributed by atoms with E-state index in [-0.39, 0.29) is 24.6 Å². The highest BCUT2D eigenvalue weighted by Gasteiger charge is 2.13. The fourth-order valence-corrected chi connectivity index (χ4v) is 2.83. The van der Waals surface area contributed by atoms with Crippen LogP contribution in [0.5, 0.6) is 5.75 Å². The first-order valence-corrected chi connectivity index (χ1v) is 8.58. The molecule has 0 unspecified atom stereocenters. The number of esters is 1. The number of nitrogens with zero attached hydrogens (tertiary/aromatic N) is 1. The molecule has 27 heavy (non-hydrogen) atoms. The molecule has 134 valence electrons. The highest BCUT2D eigenvalue weighted by atomic mass is 19.1. The number of fused-ring (bicyclic) bond motifs is 1. The minimum Gasteiger partial charge on any atom is -0.441 e. The Balaban J connectivity index is 1.38. The second-order valence-electron chi connectivity index (χ2n) is 6.08. The number of halogens is 1. The van der Waals surface area contributed by atoms with Gasteiger partial charge >= 0.3 is 5.97 Å². The molecule has 0 radical (unpaired) electrons. The number of oxazole rings is 1. The zero-order chi connectivity index (χ0) is 18.6. The van der Waals surface area contributed by atoms with Gasteiger partial charge in [0.2, 0.25) is 0 Å². The molecular formula is C22H16FNO3. The topological polar surface area (TPSA) is 52.3 Å². The van der Waals surface area contributed by atoms with Crippen molar-refractivity contribution in [3.63, 3.8) is 0 Å². The fraction of sp³-hybridized carbons (Fsp3) is 0.0909. The molecule has 0 aliphatic carbocycles. The van der Waals surface area contributed by atoms with Gasteiger partial charge in [-0.25, -0.2) is 9.37 Å². The second kappa shape index (κ2) is 7.41. The molecule has 0 bridgehead atoms. The third-order valence-electron chi connectivity index (χ3n) is 4.19. The summed E-state index contributed by atoms with van der Waals surface area (Å²) in [5, 5.41) is 2.09. The van der Waals surface area contributed by atoms with Gasteiger partial charge in [-0.05, 0) is 35.0 Å². The van der Waals surface area contributed by atoms with Gasteiger partial charge in [-0.3, -0.25) is 4.79 Å². The van der Waals surface area contributed by atoms with Gasteiger partial charge in [0.25, 0.3) is 0 Å². The Labute approximate surface area is 155 Å². The molecule has 0 N–H and O–H groups in total. The first kappa shape index (κ1) is 17.0. The molecule has 5 heteroatoms. The van der Waals surface area contributed by atoms with Gasteiger partial charge < -0.3 is 9.15 Å². The van der Waals surface area contributed by atoms with Crippen LogP contribution in [0, 0.1) is 5.82 Å². The zero-order valence-corrected chi connectivity index (χ0v) is 14.4. The Hall–Kier alpha value is -3.47. The third kappa shape index (κ3) is 3.87. The van der Waals surface area contributed by atoms with Crippen LogP contribution in [0.25, 0.3) is 22.1 Å². The SMILES string of the molecule is O=C(CCc1ncc(-c2ccccc2F)o1)Oc1ccc2ccccc2c1. The van der Waals surface area contributed by atoms with Crippen molar-refractivity contribution in [2.45, 2.75) is 12.8 Å². The van der Waals surface area contributed by atoms with Crippen LogP contribution in [0.2, 0.25) is 0 Å². The van der Waals surface area contributed by atoms with Crippen LogP contribution in [0.3, 0.4) is 0 Å². The van der Waals surface area contributed by atoms with Crippen molar-refractivity contribution >= 4 is 16.7 Å². The van der Waals surface area contributed by atoms with E-state index in [0.717, 1.165) is 10.8 Å². The molecule has 1 aromatic heterocycles. The molecule has 4 aromatic rings. The van der Waals surface area contributed by atoms with Gasteiger partial charge in [0.1, 0.15) is 11.6 Å². The van der Waals surface area contributed by atoms with E-state index in [4.69, 9.17) is 9.15 Å². The normalized spacial score (nSPS) is 10.9. The van der Waals surface area contributed by atoms with Gasteiger partial charge in [-0.15, -0.1) is 0 Å². The molecule has 0 amide bonds. The summed E-state index contributed by atoms with van der Waals surface area (Å²) < 4.78 is 24.7. The molecule has 4 rings (SSSR count). The molecule has 4 nitrogen and oxygen atoms in total. The van der Waals surface area contributed by atoms with Crippen LogP contribution in [0.15, 0.2) is 77.3 Å². The monoisotopic (exact) mass is 361 g/mol. The molecule has 0 atom stereocenters. The number of aryl methyl sites for hydroxylation is 1. The first-order chi connectivity index (χ1) is 13.2. The van der Waals surface area contributed by atoms with E-state index in [1.165, 1.54) is 12.3 Å². The number of benzene rings is 3. The molecular weight excluding hydrogens is 345 g/mol. The average Bonchev–Trinajstić information content (AvgIpc) is 3.15. The summed E-state index contributed by atoms with van der Waals surface area (Å²) in [5.74, 6) is 0.444. The Kier molecular flexibility index (Phi) is 4.66. The molecule has 0 fully saturated rings. The van der Waals surface area contributed by atoms with Crippen LogP contribution in [-0.2, 0) is 11.2 Å². The maximum Gasteiger partial charge on any atom is 0.311 e. The van der Waals surface area contributed by atoms with Gasteiger partial charge in [0, 0.05) is 6.42 Å². The summed E-state index contributed by atoms with van der Waals surface area (Å²) in [5.41, 5.74) is 0.343. The molecule has 0 aliphatic rings. The quantitative estimate of drug-likeness (QED) is 0.363. The third-order valence-corrected chi connectivity index (χ3v) is 4.19. The number of hydrogen-bond acceptors (Lipinski definition) is 4. The zero-order valence-electron chi connectivity index (χ0n) is 14.4. The van der Waals surface area contributed by atoms with Crippen molar-refractivity contribution in [1.29, 1.82) is 0 Å².